The third kappa shape index (κ3) is 8.11. The zero-order valence-electron chi connectivity index (χ0n) is 15.7. The monoisotopic (exact) mass is 390 g/mol. The molecule has 0 spiro atoms. The van der Waals surface area contributed by atoms with Crippen molar-refractivity contribution in [3.05, 3.63) is 65.2 Å². The molecule has 0 aliphatic carbocycles. The maximum atomic E-state index is 12.0. The van der Waals surface area contributed by atoms with Crippen LogP contribution in [0.2, 0.25) is 0 Å². The number of aliphatic imine (C=N–C) groups is 1. The summed E-state index contributed by atoms with van der Waals surface area (Å²) in [5.74, 6) is 0.0698. The summed E-state index contributed by atoms with van der Waals surface area (Å²) in [6.45, 7) is 5.34. The zero-order chi connectivity index (χ0) is 18.8. The number of nitrogens with zero attached hydrogens (tertiary/aromatic N) is 1. The standard InChI is InChI=1S/C20H26N4O2.ClH/c1-15-7-6-8-16(2)18(15)23-20(25)24-19(21)22-12-14-26-13-11-17-9-4-3-5-10-17;/h3-10H,11-14H2,1-2H3,(H4,21,22,23,24,25);1H. The van der Waals surface area contributed by atoms with E-state index in [1.165, 1.54) is 5.56 Å². The molecule has 0 unspecified atom stereocenters. The Hall–Kier alpha value is -2.57. The van der Waals surface area contributed by atoms with Crippen molar-refractivity contribution in [3.8, 4) is 0 Å². The van der Waals surface area contributed by atoms with E-state index in [0.29, 0.717) is 19.8 Å². The lowest BCUT2D eigenvalue weighted by Crippen LogP contribution is -2.40. The van der Waals surface area contributed by atoms with E-state index in [1.54, 1.807) is 0 Å². The zero-order valence-corrected chi connectivity index (χ0v) is 16.5. The van der Waals surface area contributed by atoms with Crippen molar-refractivity contribution in [2.75, 3.05) is 25.1 Å². The van der Waals surface area contributed by atoms with E-state index in [2.05, 4.69) is 27.8 Å². The van der Waals surface area contributed by atoms with Crippen molar-refractivity contribution in [1.82, 2.24) is 5.32 Å². The van der Waals surface area contributed by atoms with Gasteiger partial charge in [-0.3, -0.25) is 10.3 Å². The van der Waals surface area contributed by atoms with Crippen molar-refractivity contribution in [2.45, 2.75) is 20.3 Å². The molecule has 6 nitrogen and oxygen atoms in total. The number of nitrogens with two attached hydrogens (primary N) is 1. The second kappa shape index (κ2) is 11.9. The van der Waals surface area contributed by atoms with Gasteiger partial charge in [-0.15, -0.1) is 12.4 Å². The third-order valence-corrected chi connectivity index (χ3v) is 3.86. The molecule has 2 aromatic carbocycles. The fourth-order valence-corrected chi connectivity index (χ4v) is 2.48. The van der Waals surface area contributed by atoms with Crippen LogP contribution < -0.4 is 16.4 Å². The molecule has 0 aliphatic heterocycles. The number of hydrogen-bond acceptors (Lipinski definition) is 3. The van der Waals surface area contributed by atoms with Gasteiger partial charge in [0.05, 0.1) is 19.8 Å². The predicted molar refractivity (Wildman–Crippen MR) is 113 cm³/mol. The molecule has 0 aromatic heterocycles. The molecule has 0 atom stereocenters. The van der Waals surface area contributed by atoms with E-state index in [-0.39, 0.29) is 18.4 Å². The summed E-state index contributed by atoms with van der Waals surface area (Å²) in [5, 5.41) is 5.32. The molecule has 0 saturated carbocycles. The number of guanidine groups is 1. The molecule has 146 valence electrons. The van der Waals surface area contributed by atoms with Gasteiger partial charge in [-0.25, -0.2) is 4.79 Å². The van der Waals surface area contributed by atoms with E-state index in [4.69, 9.17) is 10.5 Å². The number of carbonyl (C=O) groups is 1. The number of hydrogen-bond donors (Lipinski definition) is 3. The third-order valence-electron chi connectivity index (χ3n) is 3.86. The van der Waals surface area contributed by atoms with Gasteiger partial charge in [0.2, 0.25) is 0 Å². The predicted octanol–water partition coefficient (Wildman–Crippen LogP) is 3.42. The highest BCUT2D eigenvalue weighted by molar-refractivity contribution is 6.02. The van der Waals surface area contributed by atoms with Crippen LogP contribution in [0.3, 0.4) is 0 Å². The number of benzene rings is 2. The summed E-state index contributed by atoms with van der Waals surface area (Å²) in [7, 11) is 0. The van der Waals surface area contributed by atoms with Gasteiger partial charge in [0, 0.05) is 5.69 Å². The summed E-state index contributed by atoms with van der Waals surface area (Å²) in [4.78, 5) is 16.1. The number of rotatable bonds is 7. The van der Waals surface area contributed by atoms with Gasteiger partial charge in [-0.1, -0.05) is 48.5 Å². The van der Waals surface area contributed by atoms with Gasteiger partial charge in [-0.2, -0.15) is 0 Å². The van der Waals surface area contributed by atoms with Gasteiger partial charge in [0.25, 0.3) is 0 Å². The SMILES string of the molecule is Cc1cccc(C)c1NC(=O)NC(N)=NCCOCCc1ccccc1.Cl. The lowest BCUT2D eigenvalue weighted by molar-refractivity contribution is 0.145. The Bertz CT molecular complexity index is 731. The Kier molecular flexibility index (Phi) is 9.93. The average molecular weight is 391 g/mol. The van der Waals surface area contributed by atoms with Crippen LogP contribution in [0.4, 0.5) is 10.5 Å². The number of para-hydroxylation sites is 1. The van der Waals surface area contributed by atoms with Crippen LogP contribution in [0.1, 0.15) is 16.7 Å². The van der Waals surface area contributed by atoms with E-state index in [1.807, 2.05) is 50.2 Å². The van der Waals surface area contributed by atoms with Crippen molar-refractivity contribution in [3.63, 3.8) is 0 Å². The van der Waals surface area contributed by atoms with E-state index < -0.39 is 6.03 Å². The Morgan fingerprint density at radius 3 is 2.37 bits per heavy atom. The molecular formula is C20H27ClN4O2. The fraction of sp³-hybridized carbons (Fsp3) is 0.300. The molecule has 2 aromatic rings. The topological polar surface area (TPSA) is 88.7 Å². The fourth-order valence-electron chi connectivity index (χ4n) is 2.48. The minimum Gasteiger partial charge on any atom is -0.379 e. The highest BCUT2D eigenvalue weighted by atomic mass is 35.5. The average Bonchev–Trinajstić information content (AvgIpc) is 2.62. The number of halogens is 1. The van der Waals surface area contributed by atoms with Crippen molar-refractivity contribution in [1.29, 1.82) is 0 Å². The molecule has 7 heteroatoms. The largest absolute Gasteiger partial charge is 0.379 e. The highest BCUT2D eigenvalue weighted by Gasteiger charge is 2.07. The summed E-state index contributed by atoms with van der Waals surface area (Å²) in [6.07, 6.45) is 0.858. The van der Waals surface area contributed by atoms with Gasteiger partial charge >= 0.3 is 6.03 Å². The second-order valence-corrected chi connectivity index (χ2v) is 5.96. The van der Waals surface area contributed by atoms with Crippen molar-refractivity contribution in [2.24, 2.45) is 10.7 Å². The molecule has 4 N–H and O–H groups in total. The van der Waals surface area contributed by atoms with Gasteiger partial charge < -0.3 is 15.8 Å². The maximum Gasteiger partial charge on any atom is 0.326 e. The number of carbonyl (C=O) groups excluding carboxylic acids is 1. The molecular weight excluding hydrogens is 364 g/mol. The lowest BCUT2D eigenvalue weighted by Gasteiger charge is -2.12. The molecule has 27 heavy (non-hydrogen) atoms. The van der Waals surface area contributed by atoms with Crippen LogP contribution in [-0.4, -0.2) is 31.7 Å². The summed E-state index contributed by atoms with van der Waals surface area (Å²) < 4.78 is 5.53. The Morgan fingerprint density at radius 2 is 1.70 bits per heavy atom. The normalized spacial score (nSPS) is 10.8. The molecule has 0 radical (unpaired) electrons. The number of nitrogens with one attached hydrogen (secondary N) is 2. The molecule has 0 bridgehead atoms. The lowest BCUT2D eigenvalue weighted by atomic mass is 10.1. The van der Waals surface area contributed by atoms with Crippen molar-refractivity contribution >= 4 is 30.1 Å². The first-order chi connectivity index (χ1) is 12.6. The highest BCUT2D eigenvalue weighted by Crippen LogP contribution is 2.18. The molecule has 0 aliphatic rings. The number of urea groups is 1. The Morgan fingerprint density at radius 1 is 1.04 bits per heavy atom. The van der Waals surface area contributed by atoms with Crippen molar-refractivity contribution < 1.29 is 9.53 Å². The minimum absolute atomic E-state index is 0. The van der Waals surface area contributed by atoms with E-state index in [9.17, 15) is 4.79 Å². The smallest absolute Gasteiger partial charge is 0.326 e. The Labute approximate surface area is 166 Å². The van der Waals surface area contributed by atoms with Crippen LogP contribution in [0.5, 0.6) is 0 Å². The van der Waals surface area contributed by atoms with Gasteiger partial charge in [-0.05, 0) is 37.0 Å². The molecule has 0 saturated heterocycles. The quantitative estimate of drug-likeness (QED) is 0.384. The van der Waals surface area contributed by atoms with Crippen LogP contribution in [0.25, 0.3) is 0 Å². The second-order valence-electron chi connectivity index (χ2n) is 5.96. The van der Waals surface area contributed by atoms with Gasteiger partial charge in [0.15, 0.2) is 5.96 Å². The van der Waals surface area contributed by atoms with Crippen LogP contribution in [0.15, 0.2) is 53.5 Å². The molecule has 2 amide bonds. The first-order valence-electron chi connectivity index (χ1n) is 8.62. The Balaban J connectivity index is 0.00000364. The first kappa shape index (κ1) is 22.5. The minimum atomic E-state index is -0.409. The molecule has 2 rings (SSSR count). The van der Waals surface area contributed by atoms with Crippen LogP contribution >= 0.6 is 12.4 Å². The number of ether oxygens (including phenoxy) is 1. The van der Waals surface area contributed by atoms with E-state index >= 15 is 0 Å². The van der Waals surface area contributed by atoms with Crippen LogP contribution in [0, 0.1) is 13.8 Å². The molecule has 0 fully saturated rings. The summed E-state index contributed by atoms with van der Waals surface area (Å²) in [5.41, 5.74) is 9.73. The number of anilines is 1. The maximum absolute atomic E-state index is 12.0. The van der Waals surface area contributed by atoms with E-state index in [0.717, 1.165) is 23.2 Å². The number of aryl methyl sites for hydroxylation is 2. The summed E-state index contributed by atoms with van der Waals surface area (Å²) in [6, 6.07) is 15.6. The summed E-state index contributed by atoms with van der Waals surface area (Å²) >= 11 is 0. The number of amides is 2. The molecule has 0 heterocycles. The van der Waals surface area contributed by atoms with Crippen LogP contribution in [-0.2, 0) is 11.2 Å². The van der Waals surface area contributed by atoms with Gasteiger partial charge in [0.1, 0.15) is 0 Å². The first-order valence-corrected chi connectivity index (χ1v) is 8.62.